The number of hydrogen-bond acceptors (Lipinski definition) is 2. The maximum atomic E-state index is 2.81. The van der Waals surface area contributed by atoms with E-state index < -0.39 is 8.40 Å². The van der Waals surface area contributed by atoms with Crippen molar-refractivity contribution >= 4 is 8.40 Å². The fraction of sp³-hybridized carbons (Fsp3) is 1.00. The summed E-state index contributed by atoms with van der Waals surface area (Å²) in [6.07, 6.45) is 0. The second-order valence-electron chi connectivity index (χ2n) is 7.52. The Labute approximate surface area is 123 Å². The molecule has 2 nitrogen and oxygen atoms in total. The first kappa shape index (κ1) is 19.1. The number of rotatable bonds is 6. The van der Waals surface area contributed by atoms with Crippen LogP contribution < -0.4 is 0 Å². The zero-order chi connectivity index (χ0) is 15.5. The zero-order valence-corrected chi connectivity index (χ0v) is 16.2. The van der Waals surface area contributed by atoms with Crippen molar-refractivity contribution in [3.05, 3.63) is 0 Å². The molecular formula is C16H38N2Si. The summed E-state index contributed by atoms with van der Waals surface area (Å²) in [5.74, 6) is 0. The van der Waals surface area contributed by atoms with Crippen LogP contribution in [0.1, 0.15) is 69.2 Å². The molecule has 0 unspecified atom stereocenters. The van der Waals surface area contributed by atoms with Gasteiger partial charge in [0, 0.05) is 0 Å². The Hall–Kier alpha value is 0.137. The summed E-state index contributed by atoms with van der Waals surface area (Å²) in [4.78, 5) is 0. The molecule has 19 heavy (non-hydrogen) atoms. The highest BCUT2D eigenvalue weighted by Crippen LogP contribution is 2.54. The molecule has 0 aromatic rings. The summed E-state index contributed by atoms with van der Waals surface area (Å²) < 4.78 is 5.61. The van der Waals surface area contributed by atoms with Crippen LogP contribution >= 0.6 is 0 Å². The Morgan fingerprint density at radius 1 is 0.579 bits per heavy atom. The van der Waals surface area contributed by atoms with Gasteiger partial charge in [-0.3, -0.25) is 0 Å². The lowest BCUT2D eigenvalue weighted by atomic mass is 10.2. The number of hydrogen-bond donors (Lipinski definition) is 0. The van der Waals surface area contributed by atoms with Gasteiger partial charge in [0.25, 0.3) is 0 Å². The minimum Gasteiger partial charge on any atom is -0.311 e. The van der Waals surface area contributed by atoms with Crippen molar-refractivity contribution in [2.24, 2.45) is 0 Å². The molecule has 0 aromatic heterocycles. The minimum absolute atomic E-state index is 0.337. The predicted octanol–water partition coefficient (Wildman–Crippen LogP) is 4.71. The van der Waals surface area contributed by atoms with Gasteiger partial charge in [-0.25, -0.2) is 0 Å². The Kier molecular flexibility index (Phi) is 6.78. The van der Waals surface area contributed by atoms with Crippen molar-refractivity contribution in [3.63, 3.8) is 0 Å². The third kappa shape index (κ3) is 3.25. The molecule has 0 rings (SSSR count). The molecule has 0 saturated carbocycles. The molecule has 3 heteroatoms. The average Bonchev–Trinajstić information content (AvgIpc) is 2.26. The highest BCUT2D eigenvalue weighted by molar-refractivity contribution is 6.80. The maximum Gasteiger partial charge on any atom is 0.217 e. The third-order valence-electron chi connectivity index (χ3n) is 4.53. The van der Waals surface area contributed by atoms with E-state index in [9.17, 15) is 0 Å². The smallest absolute Gasteiger partial charge is 0.217 e. The van der Waals surface area contributed by atoms with Crippen LogP contribution in [-0.4, -0.2) is 43.7 Å². The first-order valence-electron chi connectivity index (χ1n) is 8.04. The van der Waals surface area contributed by atoms with Crippen molar-refractivity contribution in [2.75, 3.05) is 26.2 Å². The molecule has 0 radical (unpaired) electrons. The topological polar surface area (TPSA) is 6.48 Å². The van der Waals surface area contributed by atoms with Crippen LogP contribution in [-0.2, 0) is 0 Å². The van der Waals surface area contributed by atoms with E-state index in [1.54, 1.807) is 0 Å². The summed E-state index contributed by atoms with van der Waals surface area (Å²) in [5.41, 5.74) is 0. The monoisotopic (exact) mass is 286 g/mol. The van der Waals surface area contributed by atoms with E-state index in [2.05, 4.69) is 78.4 Å². The van der Waals surface area contributed by atoms with Gasteiger partial charge in [-0.15, -0.1) is 0 Å². The van der Waals surface area contributed by atoms with Crippen LogP contribution in [0.5, 0.6) is 0 Å². The van der Waals surface area contributed by atoms with E-state index in [0.29, 0.717) is 10.1 Å². The molecule has 0 aromatic carbocycles. The van der Waals surface area contributed by atoms with Crippen molar-refractivity contribution in [1.82, 2.24) is 9.13 Å². The largest absolute Gasteiger partial charge is 0.311 e. The van der Waals surface area contributed by atoms with E-state index >= 15 is 0 Å². The molecular weight excluding hydrogens is 248 g/mol. The van der Waals surface area contributed by atoms with Crippen LogP contribution in [0.3, 0.4) is 0 Å². The van der Waals surface area contributed by atoms with E-state index in [1.165, 1.54) is 0 Å². The van der Waals surface area contributed by atoms with Crippen LogP contribution in [0.4, 0.5) is 0 Å². The molecule has 0 amide bonds. The molecule has 0 heterocycles. The van der Waals surface area contributed by atoms with Crippen LogP contribution in [0.2, 0.25) is 10.1 Å². The Morgan fingerprint density at radius 3 is 0.895 bits per heavy atom. The highest BCUT2D eigenvalue weighted by Gasteiger charge is 2.59. The van der Waals surface area contributed by atoms with E-state index in [1.807, 2.05) is 0 Å². The van der Waals surface area contributed by atoms with Gasteiger partial charge in [0.05, 0.1) is 0 Å². The molecule has 0 saturated heterocycles. The lowest BCUT2D eigenvalue weighted by Crippen LogP contribution is -2.74. The van der Waals surface area contributed by atoms with Crippen molar-refractivity contribution in [3.8, 4) is 0 Å². The quantitative estimate of drug-likeness (QED) is 0.652. The van der Waals surface area contributed by atoms with Gasteiger partial charge in [0.2, 0.25) is 8.40 Å². The lowest BCUT2D eigenvalue weighted by Gasteiger charge is -2.61. The first-order valence-corrected chi connectivity index (χ1v) is 9.93. The summed E-state index contributed by atoms with van der Waals surface area (Å²) in [5, 5.41) is 0.673. The van der Waals surface area contributed by atoms with E-state index in [4.69, 9.17) is 0 Å². The number of nitrogens with zero attached hydrogens (tertiary/aromatic N) is 2. The lowest BCUT2D eigenvalue weighted by molar-refractivity contribution is 0.288. The highest BCUT2D eigenvalue weighted by atomic mass is 28.4. The Balaban J connectivity index is 6.18. The molecule has 0 aliphatic carbocycles. The molecule has 0 atom stereocenters. The van der Waals surface area contributed by atoms with Crippen molar-refractivity contribution < 1.29 is 0 Å². The molecule has 0 fully saturated rings. The van der Waals surface area contributed by atoms with Gasteiger partial charge < -0.3 is 9.13 Å². The molecule has 0 aliphatic rings. The minimum atomic E-state index is -1.79. The van der Waals surface area contributed by atoms with Gasteiger partial charge in [0.1, 0.15) is 0 Å². The Morgan fingerprint density at radius 2 is 0.789 bits per heavy atom. The summed E-state index contributed by atoms with van der Waals surface area (Å²) >= 11 is 0. The summed E-state index contributed by atoms with van der Waals surface area (Å²) in [6.45, 7) is 28.7. The average molecular weight is 287 g/mol. The van der Waals surface area contributed by atoms with Gasteiger partial charge >= 0.3 is 0 Å². The molecule has 0 N–H and O–H groups in total. The van der Waals surface area contributed by atoms with Crippen molar-refractivity contribution in [2.45, 2.75) is 79.3 Å². The zero-order valence-electron chi connectivity index (χ0n) is 15.2. The van der Waals surface area contributed by atoms with Gasteiger partial charge in [0.15, 0.2) is 0 Å². The van der Waals surface area contributed by atoms with Crippen molar-refractivity contribution in [1.29, 1.82) is 0 Å². The Bertz CT molecular complexity index is 227. The standard InChI is InChI=1S/C16H38N2Si/c1-11-17(12-2)19(15(5,6)7,16(8,9)10)18(13-3)14-4/h11-14H2,1-10H3. The summed E-state index contributed by atoms with van der Waals surface area (Å²) in [7, 11) is -1.79. The van der Waals surface area contributed by atoms with Gasteiger partial charge in [-0.2, -0.15) is 0 Å². The second kappa shape index (κ2) is 6.73. The van der Waals surface area contributed by atoms with Crippen LogP contribution in [0.25, 0.3) is 0 Å². The first-order chi connectivity index (χ1) is 8.54. The summed E-state index contributed by atoms with van der Waals surface area (Å²) in [6, 6.07) is 0. The van der Waals surface area contributed by atoms with E-state index in [-0.39, 0.29) is 0 Å². The van der Waals surface area contributed by atoms with Crippen LogP contribution in [0.15, 0.2) is 0 Å². The molecule has 0 aliphatic heterocycles. The van der Waals surface area contributed by atoms with Gasteiger partial charge in [-0.05, 0) is 36.3 Å². The van der Waals surface area contributed by atoms with E-state index in [0.717, 1.165) is 26.2 Å². The molecule has 116 valence electrons. The van der Waals surface area contributed by atoms with Gasteiger partial charge in [-0.1, -0.05) is 69.2 Å². The maximum absolute atomic E-state index is 2.81. The SMILES string of the molecule is CCN(CC)[Si](N(CC)CC)(C(C)(C)C)C(C)(C)C. The third-order valence-corrected chi connectivity index (χ3v) is 11.8. The molecule has 0 spiro atoms. The molecule has 0 bridgehead atoms. The second-order valence-corrected chi connectivity index (χ2v) is 13.1. The fourth-order valence-electron chi connectivity index (χ4n) is 4.58. The predicted molar refractivity (Wildman–Crippen MR) is 91.0 cm³/mol. The fourth-order valence-corrected chi connectivity index (χ4v) is 12.9. The normalized spacial score (nSPS) is 14.5. The van der Waals surface area contributed by atoms with Crippen LogP contribution in [0, 0.1) is 0 Å².